The molecule has 0 fully saturated rings. The Hall–Kier alpha value is -2.63. The number of rotatable bonds is 9. The first-order valence-corrected chi connectivity index (χ1v) is 10.9. The van der Waals surface area contributed by atoms with Crippen molar-refractivity contribution in [1.82, 2.24) is 5.32 Å². The molecule has 0 aliphatic rings. The second-order valence-electron chi connectivity index (χ2n) is 7.14. The summed E-state index contributed by atoms with van der Waals surface area (Å²) in [4.78, 5) is 14.0. The van der Waals surface area contributed by atoms with Gasteiger partial charge in [-0.3, -0.25) is 4.79 Å². The van der Waals surface area contributed by atoms with Crippen LogP contribution in [0.5, 0.6) is 5.75 Å². The van der Waals surface area contributed by atoms with Gasteiger partial charge in [0, 0.05) is 12.1 Å². The van der Waals surface area contributed by atoms with Crippen molar-refractivity contribution >= 4 is 17.2 Å². The molecule has 2 aromatic carbocycles. The lowest BCUT2D eigenvalue weighted by atomic mass is 10.0. The lowest BCUT2D eigenvalue weighted by Crippen LogP contribution is -2.92. The molecule has 29 heavy (non-hydrogen) atoms. The normalized spacial score (nSPS) is 12.9. The minimum absolute atomic E-state index is 0.0348. The van der Waals surface area contributed by atoms with Crippen molar-refractivity contribution in [1.29, 1.82) is 0 Å². The van der Waals surface area contributed by atoms with Crippen LogP contribution in [0.1, 0.15) is 41.5 Å². The van der Waals surface area contributed by atoms with E-state index in [0.29, 0.717) is 6.54 Å². The molecule has 152 valence electrons. The van der Waals surface area contributed by atoms with Gasteiger partial charge in [0.15, 0.2) is 6.04 Å². The fourth-order valence-electron chi connectivity index (χ4n) is 3.27. The van der Waals surface area contributed by atoms with Crippen LogP contribution >= 0.6 is 11.3 Å². The molecule has 3 rings (SSSR count). The number of nitrogens with two attached hydrogens (primary N) is 1. The van der Waals surface area contributed by atoms with Crippen molar-refractivity contribution in [3.05, 3.63) is 87.6 Å². The Balaban J connectivity index is 1.65. The van der Waals surface area contributed by atoms with Gasteiger partial charge < -0.3 is 15.4 Å². The van der Waals surface area contributed by atoms with Crippen molar-refractivity contribution in [3.63, 3.8) is 0 Å². The zero-order chi connectivity index (χ0) is 20.6. The Morgan fingerprint density at radius 3 is 2.34 bits per heavy atom. The number of ether oxygens (including phenoxy) is 1. The largest absolute Gasteiger partial charge is 0.497 e. The van der Waals surface area contributed by atoms with Gasteiger partial charge in [0.2, 0.25) is 0 Å². The molecule has 3 aromatic rings. The average molecular weight is 410 g/mol. The predicted molar refractivity (Wildman–Crippen MR) is 118 cm³/mol. The van der Waals surface area contributed by atoms with Gasteiger partial charge in [-0.05, 0) is 48.1 Å². The standard InChI is InChI=1S/C24H28N2O2S/c1-4-18-7-11-20(12-8-18)23(22-6-5-15-29-22)26-17(2)24(27)25-16-19-9-13-21(28-3)14-10-19/h5-15,17,23,26H,4,16H2,1-3H3,(H,25,27)/p+1/t17-,23+/m0/s1. The fraction of sp³-hybridized carbons (Fsp3) is 0.292. The Bertz CT molecular complexity index is 890. The maximum absolute atomic E-state index is 12.7. The Kier molecular flexibility index (Phi) is 7.44. The van der Waals surface area contributed by atoms with Crippen molar-refractivity contribution in [2.24, 2.45) is 0 Å². The van der Waals surface area contributed by atoms with Crippen LogP contribution < -0.4 is 15.4 Å². The second kappa shape index (κ2) is 10.2. The van der Waals surface area contributed by atoms with Gasteiger partial charge in [-0.15, -0.1) is 11.3 Å². The molecular weight excluding hydrogens is 380 g/mol. The molecule has 0 bridgehead atoms. The molecule has 0 radical (unpaired) electrons. The summed E-state index contributed by atoms with van der Waals surface area (Å²) in [6, 6.07) is 20.6. The molecule has 1 aromatic heterocycles. The maximum Gasteiger partial charge on any atom is 0.278 e. The first-order chi connectivity index (χ1) is 14.1. The highest BCUT2D eigenvalue weighted by Crippen LogP contribution is 2.23. The summed E-state index contributed by atoms with van der Waals surface area (Å²) in [6.45, 7) is 4.63. The van der Waals surface area contributed by atoms with Gasteiger partial charge in [-0.2, -0.15) is 0 Å². The summed E-state index contributed by atoms with van der Waals surface area (Å²) in [7, 11) is 1.65. The number of quaternary nitrogens is 1. The SMILES string of the molecule is CCc1ccc([C@@H]([NH2+][C@@H](C)C(=O)NCc2ccc(OC)cc2)c2cccs2)cc1. The lowest BCUT2D eigenvalue weighted by Gasteiger charge is -2.20. The number of thiophene rings is 1. The zero-order valence-corrected chi connectivity index (χ0v) is 18.0. The molecule has 2 atom stereocenters. The topological polar surface area (TPSA) is 54.9 Å². The van der Waals surface area contributed by atoms with Crippen molar-refractivity contribution in [2.75, 3.05) is 7.11 Å². The van der Waals surface area contributed by atoms with E-state index in [-0.39, 0.29) is 18.0 Å². The summed E-state index contributed by atoms with van der Waals surface area (Å²) < 4.78 is 5.18. The number of nitrogens with one attached hydrogen (secondary N) is 1. The monoisotopic (exact) mass is 409 g/mol. The Morgan fingerprint density at radius 1 is 1.07 bits per heavy atom. The summed E-state index contributed by atoms with van der Waals surface area (Å²) in [5, 5.41) is 7.29. The summed E-state index contributed by atoms with van der Waals surface area (Å²) >= 11 is 1.73. The van der Waals surface area contributed by atoms with Crippen LogP contribution in [0.4, 0.5) is 0 Å². The quantitative estimate of drug-likeness (QED) is 0.566. The minimum atomic E-state index is -0.203. The van der Waals surface area contributed by atoms with Crippen LogP contribution in [0.15, 0.2) is 66.0 Å². The minimum Gasteiger partial charge on any atom is -0.497 e. The van der Waals surface area contributed by atoms with Gasteiger partial charge in [0.25, 0.3) is 5.91 Å². The molecule has 0 aliphatic carbocycles. The molecule has 0 saturated carbocycles. The van der Waals surface area contributed by atoms with Gasteiger partial charge in [0.05, 0.1) is 12.0 Å². The number of benzene rings is 2. The Labute approximate surface area is 176 Å². The summed E-state index contributed by atoms with van der Waals surface area (Å²) in [6.07, 6.45) is 1.03. The van der Waals surface area contributed by atoms with E-state index in [1.54, 1.807) is 18.4 Å². The summed E-state index contributed by atoms with van der Waals surface area (Å²) in [5.74, 6) is 0.849. The van der Waals surface area contributed by atoms with Gasteiger partial charge >= 0.3 is 0 Å². The highest BCUT2D eigenvalue weighted by molar-refractivity contribution is 7.10. The average Bonchev–Trinajstić information content (AvgIpc) is 3.30. The first-order valence-electron chi connectivity index (χ1n) is 9.98. The number of hydrogen-bond donors (Lipinski definition) is 2. The number of methoxy groups -OCH3 is 1. The lowest BCUT2D eigenvalue weighted by molar-refractivity contribution is -0.704. The van der Waals surface area contributed by atoms with Crippen LogP contribution in [0.3, 0.4) is 0 Å². The molecule has 0 aliphatic heterocycles. The molecule has 0 saturated heterocycles. The molecule has 4 nitrogen and oxygen atoms in total. The van der Waals surface area contributed by atoms with Crippen molar-refractivity contribution in [2.45, 2.75) is 38.9 Å². The third-order valence-electron chi connectivity index (χ3n) is 5.12. The molecule has 3 N–H and O–H groups in total. The van der Waals surface area contributed by atoms with Crippen LogP contribution in [0.2, 0.25) is 0 Å². The van der Waals surface area contributed by atoms with E-state index in [0.717, 1.165) is 17.7 Å². The number of hydrogen-bond acceptors (Lipinski definition) is 3. The molecule has 0 unspecified atom stereocenters. The Morgan fingerprint density at radius 2 is 1.76 bits per heavy atom. The van der Waals surface area contributed by atoms with Crippen molar-refractivity contribution in [3.8, 4) is 5.75 Å². The molecule has 1 heterocycles. The maximum atomic E-state index is 12.7. The molecule has 0 spiro atoms. The van der Waals surface area contributed by atoms with E-state index < -0.39 is 0 Å². The van der Waals surface area contributed by atoms with E-state index in [1.807, 2.05) is 31.2 Å². The molecular formula is C24H29N2O2S+. The molecule has 1 amide bonds. The summed E-state index contributed by atoms with van der Waals surface area (Å²) in [5.41, 5.74) is 3.60. The third-order valence-corrected chi connectivity index (χ3v) is 6.07. The number of carbonyl (C=O) groups is 1. The second-order valence-corrected chi connectivity index (χ2v) is 8.11. The van der Waals surface area contributed by atoms with Gasteiger partial charge in [-0.1, -0.05) is 49.4 Å². The van der Waals surface area contributed by atoms with E-state index in [4.69, 9.17) is 4.74 Å². The molecule has 5 heteroatoms. The smallest absolute Gasteiger partial charge is 0.278 e. The fourth-order valence-corrected chi connectivity index (χ4v) is 4.10. The van der Waals surface area contributed by atoms with E-state index in [9.17, 15) is 4.79 Å². The third kappa shape index (κ3) is 5.68. The highest BCUT2D eigenvalue weighted by atomic mass is 32.1. The van der Waals surface area contributed by atoms with E-state index in [1.165, 1.54) is 16.0 Å². The van der Waals surface area contributed by atoms with E-state index >= 15 is 0 Å². The van der Waals surface area contributed by atoms with Gasteiger partial charge in [0.1, 0.15) is 11.8 Å². The zero-order valence-electron chi connectivity index (χ0n) is 17.2. The predicted octanol–water partition coefficient (Wildman–Crippen LogP) is 3.68. The van der Waals surface area contributed by atoms with Crippen LogP contribution in [-0.2, 0) is 17.8 Å². The van der Waals surface area contributed by atoms with Crippen LogP contribution in [0.25, 0.3) is 0 Å². The number of carbonyl (C=O) groups excluding carboxylic acids is 1. The van der Waals surface area contributed by atoms with Crippen LogP contribution in [0, 0.1) is 0 Å². The number of amides is 1. The number of aryl methyl sites for hydroxylation is 1. The first kappa shape index (κ1) is 21.1. The van der Waals surface area contributed by atoms with Crippen molar-refractivity contribution < 1.29 is 14.8 Å². The highest BCUT2D eigenvalue weighted by Gasteiger charge is 2.25. The van der Waals surface area contributed by atoms with Gasteiger partial charge in [-0.25, -0.2) is 0 Å². The van der Waals surface area contributed by atoms with E-state index in [2.05, 4.69) is 59.3 Å². The van der Waals surface area contributed by atoms with Crippen LogP contribution in [-0.4, -0.2) is 19.1 Å².